The van der Waals surface area contributed by atoms with Gasteiger partial charge in [-0.1, -0.05) is 13.8 Å². The molecule has 2 aliphatic rings. The first-order chi connectivity index (χ1) is 9.27. The Morgan fingerprint density at radius 2 is 2.11 bits per heavy atom. The number of anilines is 1. The molecule has 2 heterocycles. The zero-order valence-corrected chi connectivity index (χ0v) is 12.2. The van der Waals surface area contributed by atoms with E-state index >= 15 is 0 Å². The van der Waals surface area contributed by atoms with Gasteiger partial charge in [-0.3, -0.25) is 5.10 Å². The minimum absolute atomic E-state index is 0.676. The second-order valence-corrected chi connectivity index (χ2v) is 6.27. The van der Waals surface area contributed by atoms with E-state index in [4.69, 9.17) is 0 Å². The molecule has 106 valence electrons. The molecule has 4 nitrogen and oxygen atoms in total. The van der Waals surface area contributed by atoms with Crippen LogP contribution in [0.25, 0.3) is 0 Å². The van der Waals surface area contributed by atoms with Crippen molar-refractivity contribution in [3.63, 3.8) is 0 Å². The minimum atomic E-state index is 0.676. The van der Waals surface area contributed by atoms with E-state index in [9.17, 15) is 0 Å². The summed E-state index contributed by atoms with van der Waals surface area (Å²) < 4.78 is 0. The maximum Gasteiger partial charge on any atom is 0.153 e. The summed E-state index contributed by atoms with van der Waals surface area (Å²) in [6.45, 7) is 9.10. The number of aromatic amines is 1. The van der Waals surface area contributed by atoms with Crippen LogP contribution in [-0.2, 0) is 6.42 Å². The number of rotatable bonds is 2. The molecule has 1 aromatic heterocycles. The van der Waals surface area contributed by atoms with Gasteiger partial charge in [-0.15, -0.1) is 0 Å². The third-order valence-electron chi connectivity index (χ3n) is 4.63. The summed E-state index contributed by atoms with van der Waals surface area (Å²) in [6, 6.07) is 0. The second kappa shape index (κ2) is 5.53. The summed E-state index contributed by atoms with van der Waals surface area (Å²) >= 11 is 0. The van der Waals surface area contributed by atoms with Crippen LogP contribution in [0.5, 0.6) is 0 Å². The predicted octanol–water partition coefficient (Wildman–Crippen LogP) is 2.29. The molecule has 0 aromatic carbocycles. The van der Waals surface area contributed by atoms with Crippen molar-refractivity contribution in [3.05, 3.63) is 11.3 Å². The summed E-state index contributed by atoms with van der Waals surface area (Å²) in [5.41, 5.74) is 2.93. The fourth-order valence-electron chi connectivity index (χ4n) is 3.55. The maximum absolute atomic E-state index is 4.67. The molecule has 1 unspecified atom stereocenters. The molecule has 3 rings (SSSR count). The average molecular weight is 262 g/mol. The highest BCUT2D eigenvalue weighted by Crippen LogP contribution is 2.39. The van der Waals surface area contributed by atoms with Crippen molar-refractivity contribution < 1.29 is 0 Å². The Kier molecular flexibility index (Phi) is 3.78. The SMILES string of the molecule is CC(C)C1CCCc2c(N3CCCNCC3)n[nH]c21. The molecule has 1 saturated heterocycles. The van der Waals surface area contributed by atoms with E-state index < -0.39 is 0 Å². The van der Waals surface area contributed by atoms with Gasteiger partial charge in [0.05, 0.1) is 0 Å². The molecular weight excluding hydrogens is 236 g/mol. The first-order valence-corrected chi connectivity index (χ1v) is 7.80. The molecule has 0 saturated carbocycles. The van der Waals surface area contributed by atoms with Crippen molar-refractivity contribution in [3.8, 4) is 0 Å². The van der Waals surface area contributed by atoms with E-state index in [1.165, 1.54) is 42.8 Å². The highest BCUT2D eigenvalue weighted by Gasteiger charge is 2.29. The van der Waals surface area contributed by atoms with Crippen molar-refractivity contribution in [2.45, 2.75) is 45.4 Å². The van der Waals surface area contributed by atoms with Gasteiger partial charge in [0, 0.05) is 36.8 Å². The molecule has 0 spiro atoms. The first kappa shape index (κ1) is 13.0. The quantitative estimate of drug-likeness (QED) is 0.859. The molecule has 1 fully saturated rings. The Balaban J connectivity index is 1.87. The minimum Gasteiger partial charge on any atom is -0.354 e. The van der Waals surface area contributed by atoms with Crippen LogP contribution in [0.3, 0.4) is 0 Å². The van der Waals surface area contributed by atoms with Gasteiger partial charge in [0.25, 0.3) is 0 Å². The lowest BCUT2D eigenvalue weighted by Gasteiger charge is -2.27. The molecule has 1 aromatic rings. The van der Waals surface area contributed by atoms with Crippen LogP contribution >= 0.6 is 0 Å². The molecule has 1 aliphatic heterocycles. The molecular formula is C15H26N4. The molecule has 1 aliphatic carbocycles. The van der Waals surface area contributed by atoms with Crippen molar-refractivity contribution in [1.29, 1.82) is 0 Å². The Bertz CT molecular complexity index is 416. The lowest BCUT2D eigenvalue weighted by atomic mass is 9.80. The van der Waals surface area contributed by atoms with E-state index in [0.717, 1.165) is 26.2 Å². The largest absolute Gasteiger partial charge is 0.354 e. The van der Waals surface area contributed by atoms with Crippen LogP contribution in [0, 0.1) is 5.92 Å². The summed E-state index contributed by atoms with van der Waals surface area (Å²) in [4.78, 5) is 2.47. The van der Waals surface area contributed by atoms with Gasteiger partial charge in [0.1, 0.15) is 0 Å². The van der Waals surface area contributed by atoms with E-state index in [-0.39, 0.29) is 0 Å². The topological polar surface area (TPSA) is 44.0 Å². The van der Waals surface area contributed by atoms with Gasteiger partial charge >= 0.3 is 0 Å². The van der Waals surface area contributed by atoms with Crippen molar-refractivity contribution >= 4 is 5.82 Å². The van der Waals surface area contributed by atoms with E-state index in [1.54, 1.807) is 0 Å². The van der Waals surface area contributed by atoms with Crippen LogP contribution in [0.1, 0.15) is 50.3 Å². The zero-order chi connectivity index (χ0) is 13.2. The van der Waals surface area contributed by atoms with Crippen LogP contribution < -0.4 is 10.2 Å². The third-order valence-corrected chi connectivity index (χ3v) is 4.63. The maximum atomic E-state index is 4.67. The molecule has 2 N–H and O–H groups in total. The van der Waals surface area contributed by atoms with Gasteiger partial charge in [0.2, 0.25) is 0 Å². The van der Waals surface area contributed by atoms with Gasteiger partial charge in [0.15, 0.2) is 5.82 Å². The number of H-pyrrole nitrogens is 1. The predicted molar refractivity (Wildman–Crippen MR) is 78.8 cm³/mol. The van der Waals surface area contributed by atoms with E-state index in [1.807, 2.05) is 0 Å². The molecule has 0 radical (unpaired) electrons. The monoisotopic (exact) mass is 262 g/mol. The highest BCUT2D eigenvalue weighted by atomic mass is 15.3. The highest BCUT2D eigenvalue weighted by molar-refractivity contribution is 5.51. The molecule has 1 atom stereocenters. The Hall–Kier alpha value is -1.03. The van der Waals surface area contributed by atoms with Crippen molar-refractivity contribution in [2.75, 3.05) is 31.1 Å². The summed E-state index contributed by atoms with van der Waals surface area (Å²) in [7, 11) is 0. The lowest BCUT2D eigenvalue weighted by molar-refractivity contribution is 0.425. The number of hydrogen-bond acceptors (Lipinski definition) is 3. The fraction of sp³-hybridized carbons (Fsp3) is 0.800. The van der Waals surface area contributed by atoms with Crippen LogP contribution in [0.4, 0.5) is 5.82 Å². The van der Waals surface area contributed by atoms with Crippen LogP contribution in [0.2, 0.25) is 0 Å². The van der Waals surface area contributed by atoms with Gasteiger partial charge < -0.3 is 10.2 Å². The normalized spacial score (nSPS) is 24.4. The third kappa shape index (κ3) is 2.50. The summed E-state index contributed by atoms with van der Waals surface area (Å²) in [5.74, 6) is 2.62. The fourth-order valence-corrected chi connectivity index (χ4v) is 3.55. The number of nitrogens with zero attached hydrogens (tertiary/aromatic N) is 2. The smallest absolute Gasteiger partial charge is 0.153 e. The van der Waals surface area contributed by atoms with Crippen molar-refractivity contribution in [1.82, 2.24) is 15.5 Å². The summed E-state index contributed by atoms with van der Waals surface area (Å²) in [5, 5.41) is 11.5. The second-order valence-electron chi connectivity index (χ2n) is 6.27. The van der Waals surface area contributed by atoms with Gasteiger partial charge in [-0.25, -0.2) is 0 Å². The summed E-state index contributed by atoms with van der Waals surface area (Å²) in [6.07, 6.45) is 5.05. The Morgan fingerprint density at radius 3 is 2.95 bits per heavy atom. The van der Waals surface area contributed by atoms with Crippen LogP contribution in [-0.4, -0.2) is 36.4 Å². The van der Waals surface area contributed by atoms with Gasteiger partial charge in [-0.2, -0.15) is 5.10 Å². The first-order valence-electron chi connectivity index (χ1n) is 7.80. The van der Waals surface area contributed by atoms with E-state index in [2.05, 4.69) is 34.3 Å². The molecule has 0 bridgehead atoms. The Labute approximate surface area is 116 Å². The standard InChI is InChI=1S/C15H26N4/c1-11(2)12-5-3-6-13-14(12)17-18-15(13)19-9-4-7-16-8-10-19/h11-12,16H,3-10H2,1-2H3,(H,17,18). The van der Waals surface area contributed by atoms with Gasteiger partial charge in [-0.05, 0) is 38.1 Å². The number of aromatic nitrogens is 2. The number of hydrogen-bond donors (Lipinski definition) is 2. The van der Waals surface area contributed by atoms with Crippen LogP contribution in [0.15, 0.2) is 0 Å². The molecule has 4 heteroatoms. The Morgan fingerprint density at radius 1 is 1.21 bits per heavy atom. The number of nitrogens with one attached hydrogen (secondary N) is 2. The lowest BCUT2D eigenvalue weighted by Crippen LogP contribution is -2.29. The zero-order valence-electron chi connectivity index (χ0n) is 12.2. The average Bonchev–Trinajstić information content (AvgIpc) is 2.66. The molecule has 0 amide bonds. The van der Waals surface area contributed by atoms with Crippen molar-refractivity contribution in [2.24, 2.45) is 5.92 Å². The number of fused-ring (bicyclic) bond motifs is 1. The molecule has 19 heavy (non-hydrogen) atoms. The van der Waals surface area contributed by atoms with E-state index in [0.29, 0.717) is 11.8 Å².